The van der Waals surface area contributed by atoms with E-state index in [1.165, 1.54) is 0 Å². The lowest BCUT2D eigenvalue weighted by Crippen LogP contribution is -2.48. The Morgan fingerprint density at radius 3 is 2.53 bits per heavy atom. The number of carboxylic acids is 1. The molecule has 2 atom stereocenters. The maximum absolute atomic E-state index is 11.4. The highest BCUT2D eigenvalue weighted by atomic mass is 32.2. The Kier molecular flexibility index (Phi) is 7.15. The molecule has 15 heavy (non-hydrogen) atoms. The van der Waals surface area contributed by atoms with Gasteiger partial charge in [-0.3, -0.25) is 4.79 Å². The Bertz CT molecular complexity index is 223. The number of hydrogen-bond donors (Lipinski definition) is 3. The van der Waals surface area contributed by atoms with Crippen LogP contribution in [0.4, 0.5) is 0 Å². The molecule has 0 aliphatic carbocycles. The Hall–Kier alpha value is -0.750. The summed E-state index contributed by atoms with van der Waals surface area (Å²) in [7, 11) is 0. The van der Waals surface area contributed by atoms with Crippen molar-refractivity contribution in [1.29, 1.82) is 0 Å². The normalized spacial score (nSPS) is 14.3. The molecule has 0 aromatic rings. The predicted octanol–water partition coefficient (Wildman–Crippen LogP) is 0.0462. The third kappa shape index (κ3) is 5.64. The van der Waals surface area contributed by atoms with Crippen LogP contribution in [-0.2, 0) is 9.59 Å². The Morgan fingerprint density at radius 2 is 2.13 bits per heavy atom. The molecule has 0 aliphatic heterocycles. The summed E-state index contributed by atoms with van der Waals surface area (Å²) in [5, 5.41) is 11.1. The summed E-state index contributed by atoms with van der Waals surface area (Å²) in [4.78, 5) is 22.1. The molecule has 0 fully saturated rings. The number of carboxylic acid groups (broad SMARTS) is 1. The van der Waals surface area contributed by atoms with Gasteiger partial charge in [-0.25, -0.2) is 4.79 Å². The second-order valence-corrected chi connectivity index (χ2v) is 4.18. The molecule has 0 radical (unpaired) electrons. The summed E-state index contributed by atoms with van der Waals surface area (Å²) in [6.45, 7) is 1.70. The second kappa shape index (κ2) is 7.53. The Balaban J connectivity index is 4.04. The van der Waals surface area contributed by atoms with Crippen LogP contribution in [-0.4, -0.2) is 41.1 Å². The van der Waals surface area contributed by atoms with Crippen molar-refractivity contribution >= 4 is 23.6 Å². The van der Waals surface area contributed by atoms with Crippen LogP contribution in [0.1, 0.15) is 19.8 Å². The van der Waals surface area contributed by atoms with Gasteiger partial charge in [0.2, 0.25) is 5.91 Å². The molecule has 0 bridgehead atoms. The standard InChI is InChI=1S/C9H18N2O3S/c1-3-7(9(13)14)11-8(12)6(10)4-5-15-2/h6-7H,3-5,10H2,1-2H3,(H,11,12)(H,13,14)/t6-,7+/m0/s1. The first-order valence-corrected chi connectivity index (χ1v) is 6.20. The molecule has 0 heterocycles. The quantitative estimate of drug-likeness (QED) is 0.578. The second-order valence-electron chi connectivity index (χ2n) is 3.20. The van der Waals surface area contributed by atoms with E-state index in [9.17, 15) is 9.59 Å². The number of hydrogen-bond acceptors (Lipinski definition) is 4. The van der Waals surface area contributed by atoms with E-state index in [1.807, 2.05) is 6.26 Å². The third-order valence-corrected chi connectivity index (χ3v) is 2.64. The van der Waals surface area contributed by atoms with Crippen molar-refractivity contribution in [2.75, 3.05) is 12.0 Å². The van der Waals surface area contributed by atoms with E-state index in [0.29, 0.717) is 12.8 Å². The van der Waals surface area contributed by atoms with Crippen molar-refractivity contribution < 1.29 is 14.7 Å². The summed E-state index contributed by atoms with van der Waals surface area (Å²) < 4.78 is 0. The van der Waals surface area contributed by atoms with E-state index >= 15 is 0 Å². The van der Waals surface area contributed by atoms with Crippen LogP contribution in [0.5, 0.6) is 0 Å². The monoisotopic (exact) mass is 234 g/mol. The molecule has 0 saturated carbocycles. The van der Waals surface area contributed by atoms with Gasteiger partial charge in [-0.2, -0.15) is 11.8 Å². The Morgan fingerprint density at radius 1 is 1.53 bits per heavy atom. The van der Waals surface area contributed by atoms with Crippen LogP contribution < -0.4 is 11.1 Å². The average Bonchev–Trinajstić information content (AvgIpc) is 2.21. The highest BCUT2D eigenvalue weighted by Crippen LogP contribution is 2.00. The number of rotatable bonds is 7. The van der Waals surface area contributed by atoms with Gasteiger partial charge in [-0.1, -0.05) is 6.92 Å². The summed E-state index contributed by atoms with van der Waals surface area (Å²) in [5.74, 6) is -0.625. The zero-order valence-electron chi connectivity index (χ0n) is 9.03. The molecule has 0 aromatic heterocycles. The molecule has 0 unspecified atom stereocenters. The van der Waals surface area contributed by atoms with Gasteiger partial charge in [0, 0.05) is 0 Å². The van der Waals surface area contributed by atoms with Gasteiger partial charge in [0.1, 0.15) is 6.04 Å². The highest BCUT2D eigenvalue weighted by molar-refractivity contribution is 7.98. The number of aliphatic carboxylic acids is 1. The molecule has 5 nitrogen and oxygen atoms in total. The van der Waals surface area contributed by atoms with E-state index in [-0.39, 0.29) is 0 Å². The third-order valence-electron chi connectivity index (χ3n) is 1.99. The highest BCUT2D eigenvalue weighted by Gasteiger charge is 2.21. The molecule has 6 heteroatoms. The van der Waals surface area contributed by atoms with Gasteiger partial charge in [0.15, 0.2) is 0 Å². The maximum atomic E-state index is 11.4. The predicted molar refractivity (Wildman–Crippen MR) is 60.8 cm³/mol. The number of carbonyl (C=O) groups is 2. The van der Waals surface area contributed by atoms with Crippen LogP contribution in [0.2, 0.25) is 0 Å². The molecule has 0 aromatic carbocycles. The lowest BCUT2D eigenvalue weighted by molar-refractivity contribution is -0.142. The Labute approximate surface area is 93.8 Å². The average molecular weight is 234 g/mol. The van der Waals surface area contributed by atoms with Crippen molar-refractivity contribution in [2.24, 2.45) is 5.73 Å². The first-order chi connectivity index (χ1) is 7.02. The minimum Gasteiger partial charge on any atom is -0.480 e. The molecule has 0 saturated heterocycles. The fourth-order valence-electron chi connectivity index (χ4n) is 0.993. The number of carbonyl (C=O) groups excluding carboxylic acids is 1. The van der Waals surface area contributed by atoms with Crippen molar-refractivity contribution in [3.8, 4) is 0 Å². The zero-order valence-corrected chi connectivity index (χ0v) is 9.84. The van der Waals surface area contributed by atoms with E-state index < -0.39 is 24.0 Å². The van der Waals surface area contributed by atoms with E-state index in [1.54, 1.807) is 18.7 Å². The minimum atomic E-state index is -1.03. The molecular weight excluding hydrogens is 216 g/mol. The minimum absolute atomic E-state index is 0.357. The lowest BCUT2D eigenvalue weighted by atomic mass is 10.2. The van der Waals surface area contributed by atoms with Crippen molar-refractivity contribution in [3.05, 3.63) is 0 Å². The van der Waals surface area contributed by atoms with Gasteiger partial charge in [0.25, 0.3) is 0 Å². The van der Waals surface area contributed by atoms with E-state index in [2.05, 4.69) is 5.32 Å². The molecule has 4 N–H and O–H groups in total. The summed E-state index contributed by atoms with van der Waals surface area (Å²) in [6.07, 6.45) is 2.84. The SMILES string of the molecule is CC[C@@H](NC(=O)[C@@H](N)CCSC)C(=O)O. The van der Waals surface area contributed by atoms with Gasteiger partial charge in [-0.05, 0) is 24.9 Å². The summed E-state index contributed by atoms with van der Waals surface area (Å²) >= 11 is 1.60. The van der Waals surface area contributed by atoms with Crippen molar-refractivity contribution in [2.45, 2.75) is 31.8 Å². The zero-order chi connectivity index (χ0) is 11.8. The number of amides is 1. The largest absolute Gasteiger partial charge is 0.480 e. The molecule has 88 valence electrons. The molecule has 1 amide bonds. The topological polar surface area (TPSA) is 92.4 Å². The number of nitrogens with one attached hydrogen (secondary N) is 1. The number of thioether (sulfide) groups is 1. The first-order valence-electron chi connectivity index (χ1n) is 4.80. The van der Waals surface area contributed by atoms with Crippen LogP contribution in [0.25, 0.3) is 0 Å². The van der Waals surface area contributed by atoms with Crippen LogP contribution in [0.3, 0.4) is 0 Å². The molecular formula is C9H18N2O3S. The van der Waals surface area contributed by atoms with Crippen LogP contribution in [0.15, 0.2) is 0 Å². The fraction of sp³-hybridized carbons (Fsp3) is 0.778. The lowest BCUT2D eigenvalue weighted by Gasteiger charge is -2.16. The van der Waals surface area contributed by atoms with Gasteiger partial charge < -0.3 is 16.2 Å². The van der Waals surface area contributed by atoms with Crippen molar-refractivity contribution in [3.63, 3.8) is 0 Å². The molecule has 0 spiro atoms. The molecule has 0 rings (SSSR count). The fourth-order valence-corrected chi connectivity index (χ4v) is 1.48. The summed E-state index contributed by atoms with van der Waals surface area (Å²) in [6, 6.07) is -1.45. The van der Waals surface area contributed by atoms with E-state index in [0.717, 1.165) is 5.75 Å². The van der Waals surface area contributed by atoms with Gasteiger partial charge >= 0.3 is 5.97 Å². The van der Waals surface area contributed by atoms with Crippen molar-refractivity contribution in [1.82, 2.24) is 5.32 Å². The maximum Gasteiger partial charge on any atom is 0.326 e. The van der Waals surface area contributed by atoms with Gasteiger partial charge in [-0.15, -0.1) is 0 Å². The first kappa shape index (κ1) is 14.2. The van der Waals surface area contributed by atoms with Crippen LogP contribution in [0, 0.1) is 0 Å². The summed E-state index contributed by atoms with van der Waals surface area (Å²) in [5.41, 5.74) is 5.59. The molecule has 0 aliphatic rings. The number of nitrogens with two attached hydrogens (primary N) is 1. The van der Waals surface area contributed by atoms with E-state index in [4.69, 9.17) is 10.8 Å². The smallest absolute Gasteiger partial charge is 0.326 e. The van der Waals surface area contributed by atoms with Gasteiger partial charge in [0.05, 0.1) is 6.04 Å². The van der Waals surface area contributed by atoms with Crippen LogP contribution >= 0.6 is 11.8 Å².